The predicted octanol–water partition coefficient (Wildman–Crippen LogP) is 1.52. The van der Waals surface area contributed by atoms with E-state index in [1.54, 1.807) is 0 Å². The van der Waals surface area contributed by atoms with Gasteiger partial charge in [-0.15, -0.1) is 11.8 Å². The third-order valence-electron chi connectivity index (χ3n) is 4.13. The van der Waals surface area contributed by atoms with Crippen LogP contribution < -0.4 is 5.32 Å². The smallest absolute Gasteiger partial charge is 0.230 e. The molecule has 1 aliphatic rings. The highest BCUT2D eigenvalue weighted by atomic mass is 32.2. The maximum absolute atomic E-state index is 12.0. The summed E-state index contributed by atoms with van der Waals surface area (Å²) in [5.41, 5.74) is 1.92. The Morgan fingerprint density at radius 3 is 2.67 bits per heavy atom. The number of aliphatic hydroxyl groups excluding tert-OH is 2. The van der Waals surface area contributed by atoms with Gasteiger partial charge >= 0.3 is 0 Å². The van der Waals surface area contributed by atoms with Crippen molar-refractivity contribution in [2.75, 3.05) is 19.0 Å². The van der Waals surface area contributed by atoms with Gasteiger partial charge in [-0.2, -0.15) is 0 Å². The van der Waals surface area contributed by atoms with E-state index in [1.807, 2.05) is 6.92 Å². The first kappa shape index (κ1) is 16.3. The van der Waals surface area contributed by atoms with Gasteiger partial charge in [-0.05, 0) is 48.9 Å². The highest BCUT2D eigenvalue weighted by Gasteiger charge is 2.28. The van der Waals surface area contributed by atoms with E-state index in [4.69, 9.17) is 0 Å². The first-order valence-electron chi connectivity index (χ1n) is 7.40. The van der Waals surface area contributed by atoms with Gasteiger partial charge in [-0.1, -0.05) is 13.0 Å². The Morgan fingerprint density at radius 1 is 1.29 bits per heavy atom. The van der Waals surface area contributed by atoms with Gasteiger partial charge in [0.2, 0.25) is 5.91 Å². The molecule has 1 aromatic carbocycles. The maximum Gasteiger partial charge on any atom is 0.230 e. The quantitative estimate of drug-likeness (QED) is 0.668. The number of carbonyl (C=O) groups excluding carboxylic acids is 1. The molecule has 1 amide bonds. The maximum atomic E-state index is 12.0. The Bertz CT molecular complexity index is 492. The van der Waals surface area contributed by atoms with E-state index in [2.05, 4.69) is 23.5 Å². The molecule has 0 atom stereocenters. The zero-order valence-electron chi connectivity index (χ0n) is 12.4. The summed E-state index contributed by atoms with van der Waals surface area (Å²) >= 11 is 1.49. The van der Waals surface area contributed by atoms with E-state index in [1.165, 1.54) is 29.3 Å². The van der Waals surface area contributed by atoms with Gasteiger partial charge in [0.15, 0.2) is 0 Å². The molecule has 0 aliphatic heterocycles. The molecule has 1 aromatic rings. The summed E-state index contributed by atoms with van der Waals surface area (Å²) in [4.78, 5) is 13.1. The SMILES string of the molecule is CCC(CO)(CO)NC(=O)CSc1ccc2c(c1)CCC2. The standard InChI is InChI=1S/C16H23NO3S/c1-2-16(10-18,11-19)17-15(20)9-21-14-7-6-12-4-3-5-13(12)8-14/h6-8,18-19H,2-5,9-11H2,1H3,(H,17,20). The zero-order chi connectivity index (χ0) is 15.3. The lowest BCUT2D eigenvalue weighted by Gasteiger charge is -2.29. The van der Waals surface area contributed by atoms with Crippen molar-refractivity contribution < 1.29 is 15.0 Å². The van der Waals surface area contributed by atoms with E-state index in [0.29, 0.717) is 12.2 Å². The highest BCUT2D eigenvalue weighted by molar-refractivity contribution is 8.00. The number of aliphatic hydroxyl groups is 2. The summed E-state index contributed by atoms with van der Waals surface area (Å²) in [6, 6.07) is 6.39. The molecule has 0 spiro atoms. The molecule has 0 unspecified atom stereocenters. The van der Waals surface area contributed by atoms with Crippen LogP contribution in [0.15, 0.2) is 23.1 Å². The van der Waals surface area contributed by atoms with Crippen molar-refractivity contribution in [1.82, 2.24) is 5.32 Å². The van der Waals surface area contributed by atoms with Crippen LogP contribution in [0, 0.1) is 0 Å². The van der Waals surface area contributed by atoms with Gasteiger partial charge < -0.3 is 15.5 Å². The lowest BCUT2D eigenvalue weighted by molar-refractivity contribution is -0.121. The predicted molar refractivity (Wildman–Crippen MR) is 84.5 cm³/mol. The van der Waals surface area contributed by atoms with E-state index in [0.717, 1.165) is 17.7 Å². The van der Waals surface area contributed by atoms with Crippen LogP contribution in [0.25, 0.3) is 0 Å². The van der Waals surface area contributed by atoms with E-state index in [-0.39, 0.29) is 19.1 Å². The van der Waals surface area contributed by atoms with E-state index >= 15 is 0 Å². The molecule has 1 aliphatic carbocycles. The largest absolute Gasteiger partial charge is 0.394 e. The van der Waals surface area contributed by atoms with Crippen molar-refractivity contribution in [2.45, 2.75) is 43.0 Å². The van der Waals surface area contributed by atoms with Crippen LogP contribution >= 0.6 is 11.8 Å². The molecule has 0 fully saturated rings. The molecule has 0 saturated carbocycles. The van der Waals surface area contributed by atoms with Crippen molar-refractivity contribution in [3.05, 3.63) is 29.3 Å². The molecule has 4 nitrogen and oxygen atoms in total. The lowest BCUT2D eigenvalue weighted by Crippen LogP contribution is -2.54. The van der Waals surface area contributed by atoms with Gasteiger partial charge in [-0.25, -0.2) is 0 Å². The average Bonchev–Trinajstić information content (AvgIpc) is 2.98. The van der Waals surface area contributed by atoms with E-state index in [9.17, 15) is 15.0 Å². The molecule has 2 rings (SSSR count). The van der Waals surface area contributed by atoms with Gasteiger partial charge in [0, 0.05) is 4.90 Å². The fourth-order valence-corrected chi connectivity index (χ4v) is 3.32. The Hall–Kier alpha value is -1.04. The fraction of sp³-hybridized carbons (Fsp3) is 0.562. The molecule has 0 saturated heterocycles. The van der Waals surface area contributed by atoms with Crippen molar-refractivity contribution in [1.29, 1.82) is 0 Å². The minimum atomic E-state index is -0.907. The first-order chi connectivity index (χ1) is 10.1. The zero-order valence-corrected chi connectivity index (χ0v) is 13.2. The van der Waals surface area contributed by atoms with Crippen molar-refractivity contribution in [3.8, 4) is 0 Å². The first-order valence-corrected chi connectivity index (χ1v) is 8.38. The normalized spacial score (nSPS) is 14.0. The molecular formula is C16H23NO3S. The van der Waals surface area contributed by atoms with Gasteiger partial charge in [-0.3, -0.25) is 4.79 Å². The summed E-state index contributed by atoms with van der Waals surface area (Å²) in [7, 11) is 0. The van der Waals surface area contributed by atoms with Crippen molar-refractivity contribution in [3.63, 3.8) is 0 Å². The second kappa shape index (κ2) is 7.29. The number of aryl methyl sites for hydroxylation is 2. The van der Waals surface area contributed by atoms with Crippen LogP contribution in [-0.2, 0) is 17.6 Å². The van der Waals surface area contributed by atoms with Crippen LogP contribution in [0.2, 0.25) is 0 Å². The van der Waals surface area contributed by atoms with E-state index < -0.39 is 5.54 Å². The minimum Gasteiger partial charge on any atom is -0.394 e. The van der Waals surface area contributed by atoms with Gasteiger partial charge in [0.1, 0.15) is 0 Å². The Balaban J connectivity index is 1.89. The number of thioether (sulfide) groups is 1. The molecular weight excluding hydrogens is 286 g/mol. The fourth-order valence-electron chi connectivity index (χ4n) is 2.56. The number of amides is 1. The molecule has 21 heavy (non-hydrogen) atoms. The van der Waals surface area contributed by atoms with Gasteiger partial charge in [0.25, 0.3) is 0 Å². The van der Waals surface area contributed by atoms with Crippen LogP contribution in [0.5, 0.6) is 0 Å². The van der Waals surface area contributed by atoms with Crippen LogP contribution in [0.1, 0.15) is 30.9 Å². The average molecular weight is 309 g/mol. The Labute approximate surface area is 129 Å². The summed E-state index contributed by atoms with van der Waals surface area (Å²) in [6.45, 7) is 1.32. The molecule has 0 bridgehead atoms. The second-order valence-corrected chi connectivity index (χ2v) is 6.62. The monoisotopic (exact) mass is 309 g/mol. The van der Waals surface area contributed by atoms with Crippen LogP contribution in [0.4, 0.5) is 0 Å². The number of benzene rings is 1. The topological polar surface area (TPSA) is 69.6 Å². The number of nitrogens with one attached hydrogen (secondary N) is 1. The summed E-state index contributed by atoms with van der Waals surface area (Å²) in [6.07, 6.45) is 4.00. The Kier molecular flexibility index (Phi) is 5.67. The number of hydrogen-bond acceptors (Lipinski definition) is 4. The van der Waals surface area contributed by atoms with Crippen molar-refractivity contribution in [2.24, 2.45) is 0 Å². The number of carbonyl (C=O) groups is 1. The van der Waals surface area contributed by atoms with Crippen LogP contribution in [0.3, 0.4) is 0 Å². The van der Waals surface area contributed by atoms with Gasteiger partial charge in [0.05, 0.1) is 24.5 Å². The minimum absolute atomic E-state index is 0.162. The molecule has 3 N–H and O–H groups in total. The number of fused-ring (bicyclic) bond motifs is 1. The third-order valence-corrected chi connectivity index (χ3v) is 5.12. The lowest BCUT2D eigenvalue weighted by atomic mass is 9.99. The van der Waals surface area contributed by atoms with Crippen LogP contribution in [-0.4, -0.2) is 40.6 Å². The molecule has 116 valence electrons. The second-order valence-electron chi connectivity index (χ2n) is 5.57. The molecule has 0 heterocycles. The van der Waals surface area contributed by atoms with Crippen molar-refractivity contribution >= 4 is 17.7 Å². The molecule has 0 aromatic heterocycles. The molecule has 5 heteroatoms. The number of hydrogen-bond donors (Lipinski definition) is 3. The summed E-state index contributed by atoms with van der Waals surface area (Å²) in [5, 5.41) is 21.4. The molecule has 0 radical (unpaired) electrons. The summed E-state index contributed by atoms with van der Waals surface area (Å²) < 4.78 is 0. The summed E-state index contributed by atoms with van der Waals surface area (Å²) in [5.74, 6) is 0.131. The number of rotatable bonds is 7. The Morgan fingerprint density at radius 2 is 2.00 bits per heavy atom. The third kappa shape index (κ3) is 3.99. The highest BCUT2D eigenvalue weighted by Crippen LogP contribution is 2.27.